The molecule has 2 aromatic rings. The van der Waals surface area contributed by atoms with E-state index in [-0.39, 0.29) is 17.4 Å². The SMILES string of the molecule is CC(Nc1ccc(F)c(C#N)c1)c1ccc(O)cc1. The molecule has 1 atom stereocenters. The zero-order chi connectivity index (χ0) is 13.8. The van der Waals surface area contributed by atoms with E-state index < -0.39 is 5.82 Å². The summed E-state index contributed by atoms with van der Waals surface area (Å²) >= 11 is 0. The largest absolute Gasteiger partial charge is 0.508 e. The van der Waals surface area contributed by atoms with Crippen molar-refractivity contribution in [1.82, 2.24) is 0 Å². The number of nitrogens with zero attached hydrogens (tertiary/aromatic N) is 1. The molecular formula is C15H13FN2O. The van der Waals surface area contributed by atoms with Gasteiger partial charge >= 0.3 is 0 Å². The van der Waals surface area contributed by atoms with Gasteiger partial charge in [-0.3, -0.25) is 0 Å². The van der Waals surface area contributed by atoms with Gasteiger partial charge in [-0.05, 0) is 42.8 Å². The minimum atomic E-state index is -0.523. The quantitative estimate of drug-likeness (QED) is 0.882. The monoisotopic (exact) mass is 256 g/mol. The van der Waals surface area contributed by atoms with Crippen molar-refractivity contribution in [3.05, 3.63) is 59.4 Å². The van der Waals surface area contributed by atoms with Gasteiger partial charge in [0.2, 0.25) is 0 Å². The highest BCUT2D eigenvalue weighted by atomic mass is 19.1. The van der Waals surface area contributed by atoms with Gasteiger partial charge in [0.25, 0.3) is 0 Å². The van der Waals surface area contributed by atoms with Crippen LogP contribution < -0.4 is 5.32 Å². The Morgan fingerprint density at radius 2 is 1.89 bits per heavy atom. The van der Waals surface area contributed by atoms with Crippen LogP contribution in [0.1, 0.15) is 24.1 Å². The highest BCUT2D eigenvalue weighted by molar-refractivity contribution is 5.51. The van der Waals surface area contributed by atoms with Crippen molar-refractivity contribution in [3.8, 4) is 11.8 Å². The van der Waals surface area contributed by atoms with Crippen LogP contribution in [-0.4, -0.2) is 5.11 Å². The van der Waals surface area contributed by atoms with Gasteiger partial charge < -0.3 is 10.4 Å². The summed E-state index contributed by atoms with van der Waals surface area (Å²) in [5.74, 6) is -0.310. The lowest BCUT2D eigenvalue weighted by Gasteiger charge is -2.16. The molecule has 3 nitrogen and oxygen atoms in total. The molecule has 0 aliphatic heterocycles. The summed E-state index contributed by atoms with van der Waals surface area (Å²) in [7, 11) is 0. The third-order valence-corrected chi connectivity index (χ3v) is 2.86. The number of nitriles is 1. The van der Waals surface area contributed by atoms with E-state index in [4.69, 9.17) is 5.26 Å². The normalized spacial score (nSPS) is 11.6. The molecule has 0 fully saturated rings. The van der Waals surface area contributed by atoms with Crippen LogP contribution in [0.15, 0.2) is 42.5 Å². The number of rotatable bonds is 3. The highest BCUT2D eigenvalue weighted by Crippen LogP contribution is 2.22. The van der Waals surface area contributed by atoms with E-state index in [0.717, 1.165) is 5.56 Å². The van der Waals surface area contributed by atoms with Gasteiger partial charge in [0, 0.05) is 11.7 Å². The van der Waals surface area contributed by atoms with Gasteiger partial charge in [-0.25, -0.2) is 4.39 Å². The van der Waals surface area contributed by atoms with Crippen molar-refractivity contribution in [1.29, 1.82) is 5.26 Å². The van der Waals surface area contributed by atoms with Crippen LogP contribution in [0.25, 0.3) is 0 Å². The van der Waals surface area contributed by atoms with Gasteiger partial charge in [0.1, 0.15) is 17.6 Å². The number of hydrogen-bond acceptors (Lipinski definition) is 3. The number of phenolic OH excluding ortho intramolecular Hbond substituents is 1. The molecule has 0 heterocycles. The summed E-state index contributed by atoms with van der Waals surface area (Å²) in [5.41, 5.74) is 1.68. The smallest absolute Gasteiger partial charge is 0.141 e. The summed E-state index contributed by atoms with van der Waals surface area (Å²) in [5, 5.41) is 21.2. The first-order chi connectivity index (χ1) is 9.10. The fourth-order valence-electron chi connectivity index (χ4n) is 1.80. The first-order valence-corrected chi connectivity index (χ1v) is 5.85. The Bertz CT molecular complexity index is 617. The van der Waals surface area contributed by atoms with Crippen molar-refractivity contribution >= 4 is 5.69 Å². The van der Waals surface area contributed by atoms with Crippen molar-refractivity contribution < 1.29 is 9.50 Å². The molecule has 1 unspecified atom stereocenters. The van der Waals surface area contributed by atoms with Crippen LogP contribution in [-0.2, 0) is 0 Å². The molecule has 0 bridgehead atoms. The average Bonchev–Trinajstić information content (AvgIpc) is 2.41. The topological polar surface area (TPSA) is 56.0 Å². The molecule has 96 valence electrons. The Morgan fingerprint density at radius 3 is 2.53 bits per heavy atom. The number of nitrogens with one attached hydrogen (secondary N) is 1. The average molecular weight is 256 g/mol. The van der Waals surface area contributed by atoms with E-state index in [9.17, 15) is 9.50 Å². The van der Waals surface area contributed by atoms with Crippen LogP contribution >= 0.6 is 0 Å². The lowest BCUT2D eigenvalue weighted by atomic mass is 10.1. The highest BCUT2D eigenvalue weighted by Gasteiger charge is 2.07. The second-order valence-corrected chi connectivity index (χ2v) is 4.26. The first-order valence-electron chi connectivity index (χ1n) is 5.85. The van der Waals surface area contributed by atoms with Crippen molar-refractivity contribution in [2.45, 2.75) is 13.0 Å². The van der Waals surface area contributed by atoms with E-state index in [1.807, 2.05) is 25.1 Å². The van der Waals surface area contributed by atoms with Crippen molar-refractivity contribution in [2.24, 2.45) is 0 Å². The zero-order valence-electron chi connectivity index (χ0n) is 10.4. The van der Waals surface area contributed by atoms with E-state index in [1.54, 1.807) is 18.2 Å². The molecule has 19 heavy (non-hydrogen) atoms. The Kier molecular flexibility index (Phi) is 3.67. The Morgan fingerprint density at radius 1 is 1.21 bits per heavy atom. The van der Waals surface area contributed by atoms with Crippen LogP contribution in [0.4, 0.5) is 10.1 Å². The van der Waals surface area contributed by atoms with Gasteiger partial charge in [0.05, 0.1) is 5.56 Å². The maximum absolute atomic E-state index is 13.2. The van der Waals surface area contributed by atoms with Crippen LogP contribution in [0.3, 0.4) is 0 Å². The van der Waals surface area contributed by atoms with Gasteiger partial charge in [-0.2, -0.15) is 5.26 Å². The first kappa shape index (κ1) is 12.9. The molecule has 2 N–H and O–H groups in total. The summed E-state index contributed by atoms with van der Waals surface area (Å²) in [6, 6.07) is 13.0. The maximum atomic E-state index is 13.2. The summed E-state index contributed by atoms with van der Waals surface area (Å²) in [6.07, 6.45) is 0. The lowest BCUT2D eigenvalue weighted by Crippen LogP contribution is -2.06. The number of benzene rings is 2. The molecule has 0 spiro atoms. The molecule has 0 amide bonds. The molecule has 2 rings (SSSR count). The fourth-order valence-corrected chi connectivity index (χ4v) is 1.80. The third kappa shape index (κ3) is 3.02. The number of hydrogen-bond donors (Lipinski definition) is 2. The van der Waals surface area contributed by atoms with E-state index in [2.05, 4.69) is 5.32 Å². The minimum Gasteiger partial charge on any atom is -0.508 e. The molecule has 0 aromatic heterocycles. The maximum Gasteiger partial charge on any atom is 0.141 e. The number of anilines is 1. The predicted octanol–water partition coefficient (Wildman–Crippen LogP) is 3.58. The predicted molar refractivity (Wildman–Crippen MR) is 71.3 cm³/mol. The second kappa shape index (κ2) is 5.40. The number of halogens is 1. The summed E-state index contributed by atoms with van der Waals surface area (Å²) < 4.78 is 13.2. The standard InChI is InChI=1S/C15H13FN2O/c1-10(11-2-5-14(19)6-3-11)18-13-4-7-15(16)12(8-13)9-17/h2-8,10,18-19H,1H3. The molecule has 0 saturated heterocycles. The summed E-state index contributed by atoms with van der Waals surface area (Å²) in [6.45, 7) is 1.95. The molecule has 0 aliphatic carbocycles. The lowest BCUT2D eigenvalue weighted by molar-refractivity contribution is 0.475. The van der Waals surface area contributed by atoms with Crippen LogP contribution in [0.2, 0.25) is 0 Å². The number of phenols is 1. The van der Waals surface area contributed by atoms with Gasteiger partial charge in [-0.15, -0.1) is 0 Å². The Labute approximate surface area is 110 Å². The fraction of sp³-hybridized carbons (Fsp3) is 0.133. The molecule has 2 aromatic carbocycles. The van der Waals surface area contributed by atoms with E-state index in [0.29, 0.717) is 5.69 Å². The minimum absolute atomic E-state index is 0.0161. The molecule has 0 radical (unpaired) electrons. The Hall–Kier alpha value is -2.54. The molecule has 0 aliphatic rings. The van der Waals surface area contributed by atoms with Crippen LogP contribution in [0, 0.1) is 17.1 Å². The van der Waals surface area contributed by atoms with Crippen LogP contribution in [0.5, 0.6) is 5.75 Å². The third-order valence-electron chi connectivity index (χ3n) is 2.86. The molecule has 4 heteroatoms. The van der Waals surface area contributed by atoms with E-state index in [1.165, 1.54) is 12.1 Å². The van der Waals surface area contributed by atoms with E-state index >= 15 is 0 Å². The van der Waals surface area contributed by atoms with Crippen molar-refractivity contribution in [3.63, 3.8) is 0 Å². The van der Waals surface area contributed by atoms with Gasteiger partial charge in [-0.1, -0.05) is 12.1 Å². The molecular weight excluding hydrogens is 243 g/mol. The van der Waals surface area contributed by atoms with Crippen molar-refractivity contribution in [2.75, 3.05) is 5.32 Å². The van der Waals surface area contributed by atoms with Gasteiger partial charge in [0.15, 0.2) is 0 Å². The molecule has 0 saturated carbocycles. The zero-order valence-corrected chi connectivity index (χ0v) is 10.4. The Balaban J connectivity index is 2.17. The summed E-state index contributed by atoms with van der Waals surface area (Å²) in [4.78, 5) is 0. The second-order valence-electron chi connectivity index (χ2n) is 4.26. The number of aromatic hydroxyl groups is 1.